The molecule has 2 aromatic carbocycles. The van der Waals surface area contributed by atoms with Crippen molar-refractivity contribution in [2.75, 3.05) is 18.5 Å². The van der Waals surface area contributed by atoms with Crippen LogP contribution in [-0.4, -0.2) is 30.9 Å². The van der Waals surface area contributed by atoms with E-state index in [1.807, 2.05) is 18.2 Å². The van der Waals surface area contributed by atoms with E-state index in [0.29, 0.717) is 17.0 Å². The third-order valence-corrected chi connectivity index (χ3v) is 3.96. The Morgan fingerprint density at radius 2 is 1.68 bits per heavy atom. The molecule has 0 aliphatic carbocycles. The van der Waals surface area contributed by atoms with Gasteiger partial charge in [-0.1, -0.05) is 51.1 Å². The molecule has 1 N–H and O–H groups in total. The maximum Gasteiger partial charge on any atom is 0.344 e. The van der Waals surface area contributed by atoms with Gasteiger partial charge in [0.15, 0.2) is 19.0 Å². The second-order valence-electron chi connectivity index (χ2n) is 7.38. The van der Waals surface area contributed by atoms with Crippen molar-refractivity contribution in [1.29, 1.82) is 0 Å². The molecular formula is C22H25NO5. The maximum absolute atomic E-state index is 11.9. The van der Waals surface area contributed by atoms with Crippen LogP contribution in [0.2, 0.25) is 0 Å². The number of anilines is 1. The zero-order valence-corrected chi connectivity index (χ0v) is 16.6. The first-order chi connectivity index (χ1) is 13.2. The lowest BCUT2D eigenvalue weighted by molar-refractivity contribution is -0.149. The number of amides is 1. The molecule has 0 aromatic heterocycles. The topological polar surface area (TPSA) is 81.7 Å². The average molecular weight is 383 g/mol. The predicted octanol–water partition coefficient (Wildman–Crippen LogP) is 3.75. The van der Waals surface area contributed by atoms with Crippen molar-refractivity contribution in [3.63, 3.8) is 0 Å². The van der Waals surface area contributed by atoms with Crippen LogP contribution in [0.3, 0.4) is 0 Å². The van der Waals surface area contributed by atoms with Gasteiger partial charge in [-0.05, 0) is 36.1 Å². The molecule has 0 unspecified atom stereocenters. The van der Waals surface area contributed by atoms with Gasteiger partial charge >= 0.3 is 5.97 Å². The molecule has 0 radical (unpaired) electrons. The minimum Gasteiger partial charge on any atom is -0.482 e. The van der Waals surface area contributed by atoms with Crippen LogP contribution in [0.5, 0.6) is 5.75 Å². The van der Waals surface area contributed by atoms with Gasteiger partial charge < -0.3 is 14.8 Å². The number of ketones is 1. The van der Waals surface area contributed by atoms with Crippen molar-refractivity contribution in [3.05, 3.63) is 59.7 Å². The second-order valence-corrected chi connectivity index (χ2v) is 7.38. The van der Waals surface area contributed by atoms with Crippen LogP contribution in [0.25, 0.3) is 0 Å². The SMILES string of the molecule is CC(=O)c1cccc(NC(=O)COC(=O)COc2ccccc2C(C)(C)C)c1. The summed E-state index contributed by atoms with van der Waals surface area (Å²) in [7, 11) is 0. The first-order valence-electron chi connectivity index (χ1n) is 8.95. The van der Waals surface area contributed by atoms with E-state index in [1.165, 1.54) is 6.92 Å². The summed E-state index contributed by atoms with van der Waals surface area (Å²) in [6.45, 7) is 6.88. The molecule has 0 spiro atoms. The number of ether oxygens (including phenoxy) is 2. The Hall–Kier alpha value is -3.15. The summed E-state index contributed by atoms with van der Waals surface area (Å²) in [5, 5.41) is 2.59. The summed E-state index contributed by atoms with van der Waals surface area (Å²) >= 11 is 0. The summed E-state index contributed by atoms with van der Waals surface area (Å²) in [6.07, 6.45) is 0. The third-order valence-electron chi connectivity index (χ3n) is 3.96. The number of esters is 1. The zero-order valence-electron chi connectivity index (χ0n) is 16.6. The lowest BCUT2D eigenvalue weighted by atomic mass is 9.86. The molecule has 0 aliphatic rings. The Balaban J connectivity index is 1.84. The monoisotopic (exact) mass is 383 g/mol. The molecule has 2 rings (SSSR count). The van der Waals surface area contributed by atoms with Gasteiger partial charge in [-0.15, -0.1) is 0 Å². The van der Waals surface area contributed by atoms with Gasteiger partial charge in [0.1, 0.15) is 5.75 Å². The normalized spacial score (nSPS) is 10.9. The van der Waals surface area contributed by atoms with Crippen LogP contribution < -0.4 is 10.1 Å². The number of nitrogens with one attached hydrogen (secondary N) is 1. The van der Waals surface area contributed by atoms with Crippen LogP contribution in [-0.2, 0) is 19.7 Å². The van der Waals surface area contributed by atoms with Crippen LogP contribution in [0, 0.1) is 0 Å². The van der Waals surface area contributed by atoms with E-state index >= 15 is 0 Å². The molecule has 0 bridgehead atoms. The molecule has 1 amide bonds. The van der Waals surface area contributed by atoms with E-state index < -0.39 is 18.5 Å². The van der Waals surface area contributed by atoms with Gasteiger partial charge in [0, 0.05) is 11.3 Å². The maximum atomic E-state index is 11.9. The van der Waals surface area contributed by atoms with Crippen molar-refractivity contribution < 1.29 is 23.9 Å². The molecule has 2 aromatic rings. The van der Waals surface area contributed by atoms with Crippen LogP contribution in [0.1, 0.15) is 43.6 Å². The number of hydrogen-bond donors (Lipinski definition) is 1. The fourth-order valence-corrected chi connectivity index (χ4v) is 2.55. The molecule has 0 saturated heterocycles. The Morgan fingerprint density at radius 1 is 0.964 bits per heavy atom. The van der Waals surface area contributed by atoms with Crippen LogP contribution >= 0.6 is 0 Å². The minimum atomic E-state index is -0.642. The fourth-order valence-electron chi connectivity index (χ4n) is 2.55. The Bertz CT molecular complexity index is 867. The predicted molar refractivity (Wildman–Crippen MR) is 107 cm³/mol. The Kier molecular flexibility index (Phi) is 6.93. The van der Waals surface area contributed by atoms with Gasteiger partial charge in [-0.3, -0.25) is 9.59 Å². The van der Waals surface area contributed by atoms with Gasteiger partial charge in [-0.25, -0.2) is 4.79 Å². The van der Waals surface area contributed by atoms with Crippen molar-refractivity contribution in [2.45, 2.75) is 33.1 Å². The van der Waals surface area contributed by atoms with Gasteiger partial charge in [0.2, 0.25) is 0 Å². The quantitative estimate of drug-likeness (QED) is 0.582. The van der Waals surface area contributed by atoms with Crippen molar-refractivity contribution in [2.24, 2.45) is 0 Å². The summed E-state index contributed by atoms with van der Waals surface area (Å²) in [5.41, 5.74) is 1.80. The first-order valence-corrected chi connectivity index (χ1v) is 8.95. The third kappa shape index (κ3) is 6.23. The van der Waals surface area contributed by atoms with E-state index in [2.05, 4.69) is 26.1 Å². The standard InChI is InChI=1S/C22H25NO5/c1-15(24)16-8-7-9-17(12-16)23-20(25)13-28-21(26)14-27-19-11-6-5-10-18(19)22(2,3)4/h5-12H,13-14H2,1-4H3,(H,23,25). The summed E-state index contributed by atoms with van der Waals surface area (Å²) < 4.78 is 10.5. The van der Waals surface area contributed by atoms with Crippen molar-refractivity contribution >= 4 is 23.3 Å². The summed E-state index contributed by atoms with van der Waals surface area (Å²) in [5.74, 6) is -0.631. The minimum absolute atomic E-state index is 0.102. The molecule has 0 aliphatic heterocycles. The highest BCUT2D eigenvalue weighted by Crippen LogP contribution is 2.30. The van der Waals surface area contributed by atoms with Crippen LogP contribution in [0.4, 0.5) is 5.69 Å². The molecule has 0 fully saturated rings. The van der Waals surface area contributed by atoms with E-state index in [1.54, 1.807) is 30.3 Å². The molecule has 0 atom stereocenters. The highest BCUT2D eigenvalue weighted by molar-refractivity contribution is 5.97. The van der Waals surface area contributed by atoms with Gasteiger partial charge in [0.25, 0.3) is 5.91 Å². The molecule has 0 heterocycles. The van der Waals surface area contributed by atoms with E-state index in [0.717, 1.165) is 5.56 Å². The second kappa shape index (κ2) is 9.17. The van der Waals surface area contributed by atoms with Gasteiger partial charge in [-0.2, -0.15) is 0 Å². The molecule has 28 heavy (non-hydrogen) atoms. The Labute approximate surface area is 164 Å². The number of Topliss-reactive ketones (excluding diaryl/α,β-unsaturated/α-hetero) is 1. The lowest BCUT2D eigenvalue weighted by Crippen LogP contribution is -2.24. The number of rotatable bonds is 7. The highest BCUT2D eigenvalue weighted by Gasteiger charge is 2.19. The number of hydrogen-bond acceptors (Lipinski definition) is 5. The number of carbonyl (C=O) groups excluding carboxylic acids is 3. The average Bonchev–Trinajstić information content (AvgIpc) is 2.64. The summed E-state index contributed by atoms with van der Waals surface area (Å²) in [4.78, 5) is 35.2. The zero-order chi connectivity index (χ0) is 20.7. The lowest BCUT2D eigenvalue weighted by Gasteiger charge is -2.22. The van der Waals surface area contributed by atoms with E-state index in [9.17, 15) is 14.4 Å². The van der Waals surface area contributed by atoms with E-state index in [4.69, 9.17) is 9.47 Å². The van der Waals surface area contributed by atoms with Crippen molar-refractivity contribution in [1.82, 2.24) is 0 Å². The molecular weight excluding hydrogens is 358 g/mol. The number of para-hydroxylation sites is 1. The first kappa shape index (κ1) is 21.2. The van der Waals surface area contributed by atoms with Crippen LogP contribution in [0.15, 0.2) is 48.5 Å². The highest BCUT2D eigenvalue weighted by atomic mass is 16.6. The molecule has 148 valence electrons. The Morgan fingerprint density at radius 3 is 2.36 bits per heavy atom. The van der Waals surface area contributed by atoms with Gasteiger partial charge in [0.05, 0.1) is 0 Å². The molecule has 6 heteroatoms. The smallest absolute Gasteiger partial charge is 0.344 e. The fraction of sp³-hybridized carbons (Fsp3) is 0.318. The number of benzene rings is 2. The molecule has 0 saturated carbocycles. The summed E-state index contributed by atoms with van der Waals surface area (Å²) in [6, 6.07) is 14.0. The van der Waals surface area contributed by atoms with Crippen molar-refractivity contribution in [3.8, 4) is 5.75 Å². The largest absolute Gasteiger partial charge is 0.482 e. The molecule has 6 nitrogen and oxygen atoms in total. The number of carbonyl (C=O) groups is 3. The van der Waals surface area contributed by atoms with E-state index in [-0.39, 0.29) is 17.8 Å².